The first-order valence-corrected chi connectivity index (χ1v) is 11.6. The molecule has 1 amide bonds. The molecule has 1 fully saturated rings. The summed E-state index contributed by atoms with van der Waals surface area (Å²) in [7, 11) is -3.79. The van der Waals surface area contributed by atoms with Gasteiger partial charge in [0.1, 0.15) is 5.75 Å². The Morgan fingerprint density at radius 2 is 1.62 bits per heavy atom. The highest BCUT2D eigenvalue weighted by Gasteiger charge is 2.17. The van der Waals surface area contributed by atoms with E-state index in [-0.39, 0.29) is 22.4 Å². The Morgan fingerprint density at radius 1 is 0.966 bits per heavy atom. The molecule has 3 rings (SSSR count). The van der Waals surface area contributed by atoms with Gasteiger partial charge >= 0.3 is 0 Å². The van der Waals surface area contributed by atoms with E-state index in [2.05, 4.69) is 4.72 Å². The summed E-state index contributed by atoms with van der Waals surface area (Å²) in [5, 5.41) is 0.593. The summed E-state index contributed by atoms with van der Waals surface area (Å²) < 4.78 is 33.0. The van der Waals surface area contributed by atoms with Crippen LogP contribution in [0.15, 0.2) is 47.4 Å². The number of halogens is 2. The fourth-order valence-corrected chi connectivity index (χ4v) is 4.39. The second-order valence-corrected chi connectivity index (χ2v) is 9.29. The zero-order chi connectivity index (χ0) is 20.9. The van der Waals surface area contributed by atoms with Gasteiger partial charge in [0.05, 0.1) is 20.6 Å². The number of likely N-dealkylation sites (tertiary alicyclic amines) is 1. The molecule has 0 saturated carbocycles. The highest BCUT2D eigenvalue weighted by atomic mass is 35.5. The highest BCUT2D eigenvalue weighted by Crippen LogP contribution is 2.27. The van der Waals surface area contributed by atoms with Crippen LogP contribution in [0.25, 0.3) is 0 Å². The number of carbonyl (C=O) groups is 1. The third-order valence-corrected chi connectivity index (χ3v) is 6.76. The molecular formula is C20H22Cl2N2O4S. The maximum Gasteiger partial charge on any atom is 0.261 e. The van der Waals surface area contributed by atoms with E-state index in [4.69, 9.17) is 27.9 Å². The van der Waals surface area contributed by atoms with E-state index in [1.165, 1.54) is 42.5 Å². The number of anilines is 1. The van der Waals surface area contributed by atoms with Crippen molar-refractivity contribution < 1.29 is 17.9 Å². The number of rotatable bonds is 6. The summed E-state index contributed by atoms with van der Waals surface area (Å²) in [5.74, 6) is 0.381. The van der Waals surface area contributed by atoms with Crippen molar-refractivity contribution in [2.75, 3.05) is 24.4 Å². The molecule has 1 N–H and O–H groups in total. The van der Waals surface area contributed by atoms with Crippen LogP contribution in [0, 0.1) is 0 Å². The molecule has 0 aromatic heterocycles. The van der Waals surface area contributed by atoms with E-state index in [1.54, 1.807) is 0 Å². The standard InChI is InChI=1S/C20H22Cl2N2O4S/c21-18-10-5-15(13-19(18)22)23-29(26,27)17-8-6-16(7-9-17)28-14-20(25)24-11-3-1-2-4-12-24/h5-10,13,23H,1-4,11-12,14H2. The molecule has 6 nitrogen and oxygen atoms in total. The van der Waals surface area contributed by atoms with Gasteiger partial charge in [0.2, 0.25) is 0 Å². The normalized spacial score (nSPS) is 14.9. The lowest BCUT2D eigenvalue weighted by Gasteiger charge is -2.20. The predicted octanol–water partition coefficient (Wildman–Crippen LogP) is 4.58. The molecule has 2 aromatic carbocycles. The fourth-order valence-electron chi connectivity index (χ4n) is 3.05. The number of nitrogens with zero attached hydrogens (tertiary/aromatic N) is 1. The van der Waals surface area contributed by atoms with Crippen LogP contribution in [-0.2, 0) is 14.8 Å². The summed E-state index contributed by atoms with van der Waals surface area (Å²) >= 11 is 11.8. The Morgan fingerprint density at radius 3 is 2.24 bits per heavy atom. The van der Waals surface area contributed by atoms with E-state index in [0.29, 0.717) is 16.5 Å². The molecule has 9 heteroatoms. The van der Waals surface area contributed by atoms with E-state index in [9.17, 15) is 13.2 Å². The molecule has 1 aliphatic heterocycles. The minimum atomic E-state index is -3.79. The number of carbonyl (C=O) groups excluding carboxylic acids is 1. The molecule has 0 aliphatic carbocycles. The maximum atomic E-state index is 12.5. The number of nitrogens with one attached hydrogen (secondary N) is 1. The lowest BCUT2D eigenvalue weighted by Crippen LogP contribution is -2.35. The molecule has 156 valence electrons. The van der Waals surface area contributed by atoms with Crippen LogP contribution in [0.4, 0.5) is 5.69 Å². The van der Waals surface area contributed by atoms with Gasteiger partial charge in [-0.25, -0.2) is 8.42 Å². The van der Waals surface area contributed by atoms with Gasteiger partial charge in [0.15, 0.2) is 6.61 Å². The second kappa shape index (κ2) is 9.69. The van der Waals surface area contributed by atoms with Crippen molar-refractivity contribution in [3.63, 3.8) is 0 Å². The van der Waals surface area contributed by atoms with E-state index in [1.807, 2.05) is 4.90 Å². The van der Waals surface area contributed by atoms with Gasteiger partial charge in [-0.05, 0) is 55.3 Å². The van der Waals surface area contributed by atoms with Crippen molar-refractivity contribution in [1.82, 2.24) is 4.90 Å². The monoisotopic (exact) mass is 456 g/mol. The Hall–Kier alpha value is -1.96. The van der Waals surface area contributed by atoms with Crippen molar-refractivity contribution in [3.8, 4) is 5.75 Å². The maximum absolute atomic E-state index is 12.5. The van der Waals surface area contributed by atoms with Gasteiger partial charge in [0.25, 0.3) is 15.9 Å². The molecule has 0 unspecified atom stereocenters. The van der Waals surface area contributed by atoms with Crippen LogP contribution in [0.3, 0.4) is 0 Å². The van der Waals surface area contributed by atoms with E-state index >= 15 is 0 Å². The third-order valence-electron chi connectivity index (χ3n) is 4.63. The number of ether oxygens (including phenoxy) is 1. The van der Waals surface area contributed by atoms with Gasteiger partial charge in [0, 0.05) is 13.1 Å². The second-order valence-electron chi connectivity index (χ2n) is 6.79. The van der Waals surface area contributed by atoms with Gasteiger partial charge in [-0.15, -0.1) is 0 Å². The zero-order valence-electron chi connectivity index (χ0n) is 15.7. The summed E-state index contributed by atoms with van der Waals surface area (Å²) in [6, 6.07) is 10.4. The molecule has 0 spiro atoms. The summed E-state index contributed by atoms with van der Waals surface area (Å²) in [6.07, 6.45) is 4.34. The number of sulfonamides is 1. The van der Waals surface area contributed by atoms with Gasteiger partial charge in [-0.1, -0.05) is 36.0 Å². The third kappa shape index (κ3) is 6.01. The predicted molar refractivity (Wildman–Crippen MR) is 114 cm³/mol. The molecule has 0 bridgehead atoms. The number of amides is 1. The minimum absolute atomic E-state index is 0.0510. The van der Waals surface area contributed by atoms with E-state index < -0.39 is 10.0 Å². The number of hydrogen-bond donors (Lipinski definition) is 1. The Bertz CT molecular complexity index is 957. The average molecular weight is 457 g/mol. The summed E-state index contributed by atoms with van der Waals surface area (Å²) in [6.45, 7) is 1.47. The average Bonchev–Trinajstić information content (AvgIpc) is 2.99. The fraction of sp³-hybridized carbons (Fsp3) is 0.350. The Kier molecular flexibility index (Phi) is 7.27. The smallest absolute Gasteiger partial charge is 0.261 e. The largest absolute Gasteiger partial charge is 0.484 e. The van der Waals surface area contributed by atoms with Crippen molar-refractivity contribution in [3.05, 3.63) is 52.5 Å². The van der Waals surface area contributed by atoms with Crippen molar-refractivity contribution >= 4 is 44.8 Å². The van der Waals surface area contributed by atoms with Crippen LogP contribution in [0.2, 0.25) is 10.0 Å². The lowest BCUT2D eigenvalue weighted by atomic mass is 10.2. The molecule has 1 aliphatic rings. The van der Waals surface area contributed by atoms with Crippen LogP contribution >= 0.6 is 23.2 Å². The summed E-state index contributed by atoms with van der Waals surface area (Å²) in [4.78, 5) is 14.2. The quantitative estimate of drug-likeness (QED) is 0.689. The van der Waals surface area contributed by atoms with Crippen LogP contribution in [0.5, 0.6) is 5.75 Å². The highest BCUT2D eigenvalue weighted by molar-refractivity contribution is 7.92. The van der Waals surface area contributed by atoms with Crippen LogP contribution in [0.1, 0.15) is 25.7 Å². The Balaban J connectivity index is 1.59. The molecule has 1 heterocycles. The molecule has 0 radical (unpaired) electrons. The minimum Gasteiger partial charge on any atom is -0.484 e. The van der Waals surface area contributed by atoms with Crippen LogP contribution < -0.4 is 9.46 Å². The Labute approximate surface area is 180 Å². The van der Waals surface area contributed by atoms with Gasteiger partial charge in [-0.2, -0.15) is 0 Å². The first kappa shape index (κ1) is 21.7. The molecular weight excluding hydrogens is 435 g/mol. The summed E-state index contributed by atoms with van der Waals surface area (Å²) in [5.41, 5.74) is 0.308. The first-order chi connectivity index (χ1) is 13.8. The first-order valence-electron chi connectivity index (χ1n) is 9.34. The number of hydrogen-bond acceptors (Lipinski definition) is 4. The lowest BCUT2D eigenvalue weighted by molar-refractivity contribution is -0.133. The van der Waals surface area contributed by atoms with Crippen molar-refractivity contribution in [2.45, 2.75) is 30.6 Å². The molecule has 2 aromatic rings. The van der Waals surface area contributed by atoms with Gasteiger partial charge < -0.3 is 9.64 Å². The molecule has 1 saturated heterocycles. The van der Waals surface area contributed by atoms with Gasteiger partial charge in [-0.3, -0.25) is 9.52 Å². The number of benzene rings is 2. The van der Waals surface area contributed by atoms with E-state index in [0.717, 1.165) is 38.8 Å². The zero-order valence-corrected chi connectivity index (χ0v) is 18.1. The van der Waals surface area contributed by atoms with Crippen molar-refractivity contribution in [1.29, 1.82) is 0 Å². The van der Waals surface area contributed by atoms with Crippen molar-refractivity contribution in [2.24, 2.45) is 0 Å². The molecule has 29 heavy (non-hydrogen) atoms. The topological polar surface area (TPSA) is 75.7 Å². The van der Waals surface area contributed by atoms with Crippen LogP contribution in [-0.4, -0.2) is 38.9 Å². The molecule has 0 atom stereocenters. The SMILES string of the molecule is O=C(COc1ccc(S(=O)(=O)Nc2ccc(Cl)c(Cl)c2)cc1)N1CCCCCC1.